The molecule has 8 rings (SSSR count). The number of nitrogens with one attached hydrogen (secondary N) is 2. The van der Waals surface area contributed by atoms with Gasteiger partial charge in [0.1, 0.15) is 24.1 Å². The van der Waals surface area contributed by atoms with Gasteiger partial charge in [-0.1, -0.05) is 6.07 Å². The number of rotatable bonds is 5. The first-order valence-corrected chi connectivity index (χ1v) is 14.9. The average molecular weight is 560 g/mol. The van der Waals surface area contributed by atoms with Gasteiger partial charge < -0.3 is 15.0 Å². The van der Waals surface area contributed by atoms with Gasteiger partial charge in [-0.15, -0.1) is 0 Å². The summed E-state index contributed by atoms with van der Waals surface area (Å²) in [4.78, 5) is 14.1. The fraction of sp³-hybridized carbons (Fsp3) is 0.516. The number of hydrogen-bond donors (Lipinski definition) is 2. The van der Waals surface area contributed by atoms with E-state index in [4.69, 9.17) is 14.7 Å². The number of piperazine rings is 1. The van der Waals surface area contributed by atoms with Crippen LogP contribution < -0.4 is 15.0 Å². The Morgan fingerprint density at radius 3 is 2.78 bits per heavy atom. The highest BCUT2D eigenvalue weighted by atomic mass is 19.1. The summed E-state index contributed by atoms with van der Waals surface area (Å²) < 4.78 is 37.4. The van der Waals surface area contributed by atoms with E-state index in [2.05, 4.69) is 31.4 Å². The molecule has 2 N–H and O–H groups in total. The van der Waals surface area contributed by atoms with Crippen molar-refractivity contribution in [3.63, 3.8) is 0 Å². The Labute approximate surface area is 237 Å². The molecule has 2 unspecified atom stereocenters. The maximum atomic E-state index is 16.7. The number of ether oxygens (including phenoxy) is 1. The van der Waals surface area contributed by atoms with Crippen LogP contribution in [0.2, 0.25) is 0 Å². The van der Waals surface area contributed by atoms with E-state index >= 15 is 4.39 Å². The molecule has 10 heteroatoms. The van der Waals surface area contributed by atoms with E-state index in [1.165, 1.54) is 0 Å². The first kappa shape index (κ1) is 25.3. The fourth-order valence-corrected chi connectivity index (χ4v) is 7.91. The van der Waals surface area contributed by atoms with Gasteiger partial charge in [0, 0.05) is 60.0 Å². The molecule has 4 aliphatic rings. The van der Waals surface area contributed by atoms with Crippen LogP contribution >= 0.6 is 0 Å². The summed E-state index contributed by atoms with van der Waals surface area (Å²) in [5, 5.41) is 12.6. The van der Waals surface area contributed by atoms with E-state index in [-0.39, 0.29) is 17.1 Å². The lowest BCUT2D eigenvalue weighted by Gasteiger charge is -2.34. The van der Waals surface area contributed by atoms with Gasteiger partial charge in [-0.2, -0.15) is 15.1 Å². The fourth-order valence-electron chi connectivity index (χ4n) is 7.91. The second-order valence-corrected chi connectivity index (χ2v) is 12.6. The molecular formula is C31H35F2N7O. The lowest BCUT2D eigenvalue weighted by molar-refractivity contribution is 0.107. The number of aryl methyl sites for hydroxylation is 1. The van der Waals surface area contributed by atoms with E-state index in [0.717, 1.165) is 72.9 Å². The van der Waals surface area contributed by atoms with Crippen molar-refractivity contribution in [2.24, 2.45) is 0 Å². The van der Waals surface area contributed by atoms with Crippen LogP contribution in [0.15, 0.2) is 24.4 Å². The van der Waals surface area contributed by atoms with Crippen LogP contribution in [0.1, 0.15) is 43.2 Å². The third-order valence-electron chi connectivity index (χ3n) is 10.0. The smallest absolute Gasteiger partial charge is 0.319 e. The zero-order valence-corrected chi connectivity index (χ0v) is 23.5. The lowest BCUT2D eigenvalue weighted by Crippen LogP contribution is -2.51. The van der Waals surface area contributed by atoms with Crippen LogP contribution in [0.3, 0.4) is 0 Å². The molecule has 4 aromatic rings. The molecule has 41 heavy (non-hydrogen) atoms. The minimum absolute atomic E-state index is 0.158. The molecule has 4 aliphatic heterocycles. The topological polar surface area (TPSA) is 82.2 Å². The normalized spacial score (nSPS) is 27.8. The Morgan fingerprint density at radius 1 is 1.12 bits per heavy atom. The van der Waals surface area contributed by atoms with Crippen molar-refractivity contribution >= 4 is 27.6 Å². The number of aromatic amines is 1. The minimum Gasteiger partial charge on any atom is -0.461 e. The number of nitrogens with zero attached hydrogens (tertiary/aromatic N) is 5. The number of benzene rings is 2. The summed E-state index contributed by atoms with van der Waals surface area (Å²) in [7, 11) is 0. The average Bonchev–Trinajstić information content (AvgIpc) is 3.72. The summed E-state index contributed by atoms with van der Waals surface area (Å²) in [5.74, 6) is 0.307. The molecule has 0 aliphatic carbocycles. The van der Waals surface area contributed by atoms with Gasteiger partial charge in [0.2, 0.25) is 0 Å². The van der Waals surface area contributed by atoms with Crippen molar-refractivity contribution in [1.29, 1.82) is 0 Å². The molecule has 2 aromatic carbocycles. The maximum Gasteiger partial charge on any atom is 0.319 e. The molecule has 4 fully saturated rings. The molecule has 6 heterocycles. The third-order valence-corrected chi connectivity index (χ3v) is 10.0. The zero-order valence-electron chi connectivity index (χ0n) is 23.5. The van der Waals surface area contributed by atoms with E-state index in [1.54, 1.807) is 6.20 Å². The third kappa shape index (κ3) is 4.01. The Kier molecular flexibility index (Phi) is 5.76. The van der Waals surface area contributed by atoms with Gasteiger partial charge in [-0.05, 0) is 69.3 Å². The number of alkyl halides is 1. The summed E-state index contributed by atoms with van der Waals surface area (Å²) in [6, 6.07) is 6.80. The standard InChI is InChI=1S/C31H35F2N7O/c1-17-10-19-12-34-38-27(19)25(18(17)2)23-6-7-24-28(26(23)33)36-30(37-29(24)39-14-21-4-5-22(15-39)35-21)41-16-31-8-3-9-40(31)13-20(32)11-31/h6-7,10,12,20-22,35H,3-5,8-9,11,13-16H2,1-2H3,(H,34,38)/t20-,21?,22?,31+/m1/s1. The number of H-pyrrole nitrogens is 1. The molecule has 2 aromatic heterocycles. The first-order chi connectivity index (χ1) is 19.9. The number of halogens is 2. The second kappa shape index (κ2) is 9.32. The molecule has 214 valence electrons. The first-order valence-electron chi connectivity index (χ1n) is 14.9. The van der Waals surface area contributed by atoms with Crippen molar-refractivity contribution in [1.82, 2.24) is 30.4 Å². The lowest BCUT2D eigenvalue weighted by atomic mass is 9.93. The van der Waals surface area contributed by atoms with Gasteiger partial charge in [0.05, 0.1) is 17.3 Å². The zero-order chi connectivity index (χ0) is 27.9. The Hall–Kier alpha value is -3.37. The van der Waals surface area contributed by atoms with Crippen molar-refractivity contribution in [2.75, 3.05) is 37.7 Å². The summed E-state index contributed by atoms with van der Waals surface area (Å²) in [6.45, 7) is 7.29. The molecule has 4 atom stereocenters. The van der Waals surface area contributed by atoms with E-state index < -0.39 is 12.0 Å². The second-order valence-electron chi connectivity index (χ2n) is 12.6. The summed E-state index contributed by atoms with van der Waals surface area (Å²) >= 11 is 0. The molecule has 0 saturated carbocycles. The summed E-state index contributed by atoms with van der Waals surface area (Å²) in [6.07, 6.45) is 5.55. The van der Waals surface area contributed by atoms with E-state index in [9.17, 15) is 4.39 Å². The highest BCUT2D eigenvalue weighted by Crippen LogP contribution is 2.42. The number of anilines is 1. The molecular weight excluding hydrogens is 524 g/mol. The van der Waals surface area contributed by atoms with Crippen molar-refractivity contribution < 1.29 is 13.5 Å². The van der Waals surface area contributed by atoms with Crippen LogP contribution in [0, 0.1) is 19.7 Å². The monoisotopic (exact) mass is 559 g/mol. The van der Waals surface area contributed by atoms with Crippen LogP contribution in [0.5, 0.6) is 6.01 Å². The minimum atomic E-state index is -0.847. The number of fused-ring (bicyclic) bond motifs is 5. The SMILES string of the molecule is Cc1cc2cn[nH]c2c(-c2ccc3c(N4CC5CCC(C4)N5)nc(OC[C@@]45CCCN4C[C@H](F)C5)nc3c2F)c1C. The molecule has 4 saturated heterocycles. The predicted octanol–water partition coefficient (Wildman–Crippen LogP) is 4.82. The van der Waals surface area contributed by atoms with Crippen LogP contribution in [-0.4, -0.2) is 81.6 Å². The van der Waals surface area contributed by atoms with Crippen molar-refractivity contribution in [2.45, 2.75) is 69.7 Å². The summed E-state index contributed by atoms with van der Waals surface area (Å²) in [5.41, 5.74) is 4.04. The van der Waals surface area contributed by atoms with Gasteiger partial charge in [0.25, 0.3) is 0 Å². The van der Waals surface area contributed by atoms with Crippen LogP contribution in [0.4, 0.5) is 14.6 Å². The Morgan fingerprint density at radius 2 is 1.95 bits per heavy atom. The Bertz CT molecular complexity index is 1660. The van der Waals surface area contributed by atoms with Gasteiger partial charge in [0.15, 0.2) is 5.82 Å². The Balaban J connectivity index is 1.25. The van der Waals surface area contributed by atoms with Crippen molar-refractivity contribution in [3.8, 4) is 17.1 Å². The highest BCUT2D eigenvalue weighted by Gasteiger charge is 2.49. The molecule has 0 amide bonds. The largest absolute Gasteiger partial charge is 0.461 e. The predicted molar refractivity (Wildman–Crippen MR) is 155 cm³/mol. The van der Waals surface area contributed by atoms with Crippen molar-refractivity contribution in [3.05, 3.63) is 41.3 Å². The molecule has 2 bridgehead atoms. The van der Waals surface area contributed by atoms with E-state index in [0.29, 0.717) is 48.4 Å². The van der Waals surface area contributed by atoms with E-state index in [1.807, 2.05) is 26.0 Å². The molecule has 0 spiro atoms. The number of aromatic nitrogens is 4. The van der Waals surface area contributed by atoms with Gasteiger partial charge in [-0.25, -0.2) is 8.78 Å². The molecule has 8 nitrogen and oxygen atoms in total. The highest BCUT2D eigenvalue weighted by molar-refractivity contribution is 6.00. The van der Waals surface area contributed by atoms with Gasteiger partial charge in [-0.3, -0.25) is 10.00 Å². The number of hydrogen-bond acceptors (Lipinski definition) is 7. The van der Waals surface area contributed by atoms with Crippen LogP contribution in [0.25, 0.3) is 32.9 Å². The quantitative estimate of drug-likeness (QED) is 0.363. The van der Waals surface area contributed by atoms with Crippen LogP contribution in [-0.2, 0) is 0 Å². The maximum absolute atomic E-state index is 16.7. The van der Waals surface area contributed by atoms with Gasteiger partial charge >= 0.3 is 6.01 Å². The molecule has 0 radical (unpaired) electrons.